The lowest BCUT2D eigenvalue weighted by Crippen LogP contribution is -1.97. The van der Waals surface area contributed by atoms with Crippen LogP contribution in [0.2, 0.25) is 0 Å². The number of para-hydroxylation sites is 1. The van der Waals surface area contributed by atoms with Crippen LogP contribution in [0.15, 0.2) is 75.1 Å². The average Bonchev–Trinajstić information content (AvgIpc) is 3.31. The first-order valence-electron chi connectivity index (χ1n) is 8.29. The molecule has 0 fully saturated rings. The second-order valence-corrected chi connectivity index (χ2v) is 8.34. The van der Waals surface area contributed by atoms with Crippen LogP contribution in [0, 0.1) is 0 Å². The van der Waals surface area contributed by atoms with Gasteiger partial charge in [0, 0.05) is 18.2 Å². The molecule has 9 heteroatoms. The SMILES string of the molecule is O=S(=O)(O)c1cccc(-c2ccc(CC=NNc3nc4ccccc4s3)o2)c1. The molecule has 0 atom stereocenters. The summed E-state index contributed by atoms with van der Waals surface area (Å²) in [6, 6.07) is 17.3. The topological polar surface area (TPSA) is 105 Å². The van der Waals surface area contributed by atoms with Crippen LogP contribution in [0.4, 0.5) is 5.13 Å². The van der Waals surface area contributed by atoms with Crippen molar-refractivity contribution < 1.29 is 17.4 Å². The summed E-state index contributed by atoms with van der Waals surface area (Å²) in [5.74, 6) is 1.18. The molecule has 142 valence electrons. The third kappa shape index (κ3) is 4.11. The fourth-order valence-corrected chi connectivity index (χ4v) is 3.95. The quantitative estimate of drug-likeness (QED) is 0.275. The van der Waals surface area contributed by atoms with Gasteiger partial charge >= 0.3 is 0 Å². The van der Waals surface area contributed by atoms with Crippen molar-refractivity contribution in [3.8, 4) is 11.3 Å². The largest absolute Gasteiger partial charge is 0.461 e. The van der Waals surface area contributed by atoms with E-state index >= 15 is 0 Å². The van der Waals surface area contributed by atoms with Gasteiger partial charge in [0.1, 0.15) is 11.5 Å². The Labute approximate surface area is 165 Å². The molecule has 0 radical (unpaired) electrons. The molecule has 0 amide bonds. The van der Waals surface area contributed by atoms with E-state index in [-0.39, 0.29) is 4.90 Å². The maximum absolute atomic E-state index is 11.3. The lowest BCUT2D eigenvalue weighted by Gasteiger charge is -2.00. The Balaban J connectivity index is 1.41. The summed E-state index contributed by atoms with van der Waals surface area (Å²) in [7, 11) is -4.26. The standard InChI is InChI=1S/C19H15N3O4S2/c23-28(24,25)15-5-3-4-13(12-15)17-9-8-14(26-17)10-11-20-22-19-21-16-6-1-2-7-18(16)27-19/h1-9,11-12H,10H2,(H,21,22)(H,23,24,25). The summed E-state index contributed by atoms with van der Waals surface area (Å²) in [5.41, 5.74) is 4.39. The maximum atomic E-state index is 11.3. The summed E-state index contributed by atoms with van der Waals surface area (Å²) in [6.45, 7) is 0. The fraction of sp³-hybridized carbons (Fsp3) is 0.0526. The first kappa shape index (κ1) is 18.4. The van der Waals surface area contributed by atoms with Gasteiger partial charge in [-0.2, -0.15) is 13.5 Å². The van der Waals surface area contributed by atoms with Gasteiger partial charge in [-0.1, -0.05) is 35.6 Å². The Bertz CT molecular complexity index is 1230. The molecule has 2 aromatic heterocycles. The van der Waals surface area contributed by atoms with Crippen LogP contribution in [0.25, 0.3) is 21.5 Å². The van der Waals surface area contributed by atoms with Crippen LogP contribution in [-0.4, -0.2) is 24.2 Å². The number of aromatic nitrogens is 1. The Morgan fingerprint density at radius 3 is 2.82 bits per heavy atom. The molecule has 2 aromatic carbocycles. The lowest BCUT2D eigenvalue weighted by molar-refractivity contribution is 0.483. The highest BCUT2D eigenvalue weighted by Crippen LogP contribution is 2.26. The summed E-state index contributed by atoms with van der Waals surface area (Å²) in [4.78, 5) is 4.25. The predicted octanol–water partition coefficient (Wildman–Crippen LogP) is 4.44. The van der Waals surface area contributed by atoms with Crippen LogP contribution >= 0.6 is 11.3 Å². The molecular formula is C19H15N3O4S2. The number of nitrogens with one attached hydrogen (secondary N) is 1. The van der Waals surface area contributed by atoms with Gasteiger partial charge in [-0.15, -0.1) is 0 Å². The Morgan fingerprint density at radius 2 is 2.00 bits per heavy atom. The third-order valence-electron chi connectivity index (χ3n) is 3.92. The number of rotatable bonds is 6. The first-order valence-corrected chi connectivity index (χ1v) is 10.5. The van der Waals surface area contributed by atoms with Crippen molar-refractivity contribution in [2.75, 3.05) is 5.43 Å². The highest BCUT2D eigenvalue weighted by Gasteiger charge is 2.12. The highest BCUT2D eigenvalue weighted by molar-refractivity contribution is 7.85. The van der Waals surface area contributed by atoms with Crippen molar-refractivity contribution in [3.63, 3.8) is 0 Å². The minimum absolute atomic E-state index is 0.176. The number of furan rings is 1. The maximum Gasteiger partial charge on any atom is 0.294 e. The molecule has 7 nitrogen and oxygen atoms in total. The lowest BCUT2D eigenvalue weighted by atomic mass is 10.2. The van der Waals surface area contributed by atoms with Crippen molar-refractivity contribution in [3.05, 3.63) is 66.4 Å². The molecule has 0 saturated carbocycles. The summed E-state index contributed by atoms with van der Waals surface area (Å²) >= 11 is 1.52. The Kier molecular flexibility index (Phi) is 4.95. The van der Waals surface area contributed by atoms with E-state index in [1.165, 1.54) is 23.5 Å². The molecule has 0 aliphatic heterocycles. The minimum Gasteiger partial charge on any atom is -0.461 e. The molecule has 0 saturated heterocycles. The van der Waals surface area contributed by atoms with Crippen LogP contribution in [0.5, 0.6) is 0 Å². The van der Waals surface area contributed by atoms with Gasteiger partial charge in [-0.3, -0.25) is 9.98 Å². The summed E-state index contributed by atoms with van der Waals surface area (Å²) < 4.78 is 38.5. The molecule has 0 unspecified atom stereocenters. The monoisotopic (exact) mass is 413 g/mol. The zero-order valence-electron chi connectivity index (χ0n) is 14.4. The van der Waals surface area contributed by atoms with Crippen molar-refractivity contribution >= 4 is 43.0 Å². The first-order chi connectivity index (χ1) is 13.5. The third-order valence-corrected chi connectivity index (χ3v) is 5.71. The van der Waals surface area contributed by atoms with E-state index in [0.29, 0.717) is 28.6 Å². The van der Waals surface area contributed by atoms with Crippen molar-refractivity contribution in [1.82, 2.24) is 4.98 Å². The van der Waals surface area contributed by atoms with Crippen LogP contribution in [-0.2, 0) is 16.5 Å². The van der Waals surface area contributed by atoms with E-state index in [4.69, 9.17) is 8.97 Å². The molecule has 0 spiro atoms. The van der Waals surface area contributed by atoms with E-state index in [9.17, 15) is 8.42 Å². The summed E-state index contributed by atoms with van der Waals surface area (Å²) in [5, 5.41) is 4.87. The minimum atomic E-state index is -4.26. The number of fused-ring (bicyclic) bond motifs is 1. The molecule has 2 N–H and O–H groups in total. The van der Waals surface area contributed by atoms with Gasteiger partial charge in [-0.05, 0) is 36.4 Å². The van der Waals surface area contributed by atoms with Gasteiger partial charge < -0.3 is 4.42 Å². The summed E-state index contributed by atoms with van der Waals surface area (Å²) in [6.07, 6.45) is 2.12. The molecule has 0 bridgehead atoms. The van der Waals surface area contributed by atoms with Crippen molar-refractivity contribution in [2.24, 2.45) is 5.10 Å². The molecule has 0 aliphatic rings. The zero-order chi connectivity index (χ0) is 19.6. The van der Waals surface area contributed by atoms with Gasteiger partial charge in [0.2, 0.25) is 5.13 Å². The molecule has 2 heterocycles. The highest BCUT2D eigenvalue weighted by atomic mass is 32.2. The van der Waals surface area contributed by atoms with Crippen LogP contribution in [0.3, 0.4) is 0 Å². The molecule has 0 aliphatic carbocycles. The van der Waals surface area contributed by atoms with Gasteiger partial charge in [-0.25, -0.2) is 4.98 Å². The number of benzene rings is 2. The van der Waals surface area contributed by atoms with E-state index in [2.05, 4.69) is 15.5 Å². The van der Waals surface area contributed by atoms with E-state index in [0.717, 1.165) is 10.2 Å². The second-order valence-electron chi connectivity index (χ2n) is 5.88. The number of hydrazone groups is 1. The Hall–Kier alpha value is -3.01. The average molecular weight is 413 g/mol. The fourth-order valence-electron chi connectivity index (χ4n) is 2.61. The van der Waals surface area contributed by atoms with Crippen LogP contribution in [0.1, 0.15) is 5.76 Å². The second kappa shape index (κ2) is 7.55. The normalized spacial score (nSPS) is 12.0. The Morgan fingerprint density at radius 1 is 1.14 bits per heavy atom. The van der Waals surface area contributed by atoms with Gasteiger partial charge in [0.05, 0.1) is 15.1 Å². The number of nitrogens with zero attached hydrogens (tertiary/aromatic N) is 2. The zero-order valence-corrected chi connectivity index (χ0v) is 16.1. The number of hydrogen-bond donors (Lipinski definition) is 2. The number of thiazole rings is 1. The number of hydrogen-bond acceptors (Lipinski definition) is 7. The van der Waals surface area contributed by atoms with Crippen molar-refractivity contribution in [1.29, 1.82) is 0 Å². The van der Waals surface area contributed by atoms with Crippen LogP contribution < -0.4 is 5.43 Å². The van der Waals surface area contributed by atoms with E-state index < -0.39 is 10.1 Å². The number of anilines is 1. The van der Waals surface area contributed by atoms with Crippen molar-refractivity contribution in [2.45, 2.75) is 11.3 Å². The van der Waals surface area contributed by atoms with Gasteiger partial charge in [0.25, 0.3) is 10.1 Å². The molecular weight excluding hydrogens is 398 g/mol. The van der Waals surface area contributed by atoms with Gasteiger partial charge in [0.15, 0.2) is 0 Å². The van der Waals surface area contributed by atoms with E-state index in [1.807, 2.05) is 24.3 Å². The predicted molar refractivity (Wildman–Crippen MR) is 109 cm³/mol. The molecule has 4 aromatic rings. The smallest absolute Gasteiger partial charge is 0.294 e. The molecule has 28 heavy (non-hydrogen) atoms. The van der Waals surface area contributed by atoms with E-state index in [1.54, 1.807) is 30.5 Å². The molecule has 4 rings (SSSR count).